The molecular formula is C8H9BClNO. The smallest absolute Gasteiger partial charge is 0.175 e. The van der Waals surface area contributed by atoms with Crippen molar-refractivity contribution in [3.8, 4) is 0 Å². The molecule has 0 spiro atoms. The van der Waals surface area contributed by atoms with Gasteiger partial charge in [0.15, 0.2) is 5.17 Å². The van der Waals surface area contributed by atoms with E-state index in [0.29, 0.717) is 0 Å². The largest absolute Gasteiger partial charge is 0.410 e. The van der Waals surface area contributed by atoms with Crippen LogP contribution in [0.5, 0.6) is 0 Å². The van der Waals surface area contributed by atoms with E-state index in [1.165, 1.54) is 5.56 Å². The number of benzene rings is 1. The van der Waals surface area contributed by atoms with E-state index in [0.717, 1.165) is 11.9 Å². The van der Waals surface area contributed by atoms with Crippen LogP contribution in [0.15, 0.2) is 29.4 Å². The highest BCUT2D eigenvalue weighted by molar-refractivity contribution is 6.69. The lowest BCUT2D eigenvalue weighted by molar-refractivity contribution is 0.321. The van der Waals surface area contributed by atoms with Crippen molar-refractivity contribution in [2.24, 2.45) is 5.16 Å². The Morgan fingerprint density at radius 3 is 2.42 bits per heavy atom. The van der Waals surface area contributed by atoms with E-state index < -0.39 is 0 Å². The number of oxime groups is 1. The van der Waals surface area contributed by atoms with Crippen molar-refractivity contribution in [2.75, 3.05) is 0 Å². The quantitative estimate of drug-likeness (QED) is 0.316. The van der Waals surface area contributed by atoms with Gasteiger partial charge in [0.25, 0.3) is 0 Å². The van der Waals surface area contributed by atoms with Gasteiger partial charge in [-0.2, -0.15) is 0 Å². The van der Waals surface area contributed by atoms with Crippen LogP contribution in [-0.4, -0.2) is 18.2 Å². The predicted molar refractivity (Wildman–Crippen MR) is 52.9 cm³/mol. The summed E-state index contributed by atoms with van der Waals surface area (Å²) in [7, 11) is 2.08. The van der Waals surface area contributed by atoms with E-state index in [9.17, 15) is 0 Å². The summed E-state index contributed by atoms with van der Waals surface area (Å²) in [4.78, 5) is 0. The lowest BCUT2D eigenvalue weighted by Crippen LogP contribution is -1.91. The molecule has 0 radical (unpaired) electrons. The first-order valence-electron chi connectivity index (χ1n) is 3.74. The molecule has 0 amide bonds. The van der Waals surface area contributed by atoms with Crippen LogP contribution >= 0.6 is 11.6 Å². The molecule has 0 saturated carbocycles. The van der Waals surface area contributed by atoms with E-state index in [1.54, 1.807) is 0 Å². The molecule has 0 heterocycles. The molecule has 62 valence electrons. The molecule has 4 heteroatoms. The van der Waals surface area contributed by atoms with Crippen LogP contribution in [0, 0.1) is 0 Å². The molecule has 0 aromatic heterocycles. The van der Waals surface area contributed by atoms with Gasteiger partial charge in [0.2, 0.25) is 0 Å². The predicted octanol–water partition coefficient (Wildman–Crippen LogP) is 1.19. The second-order valence-corrected chi connectivity index (χ2v) is 2.80. The Balaban J connectivity index is 2.92. The third-order valence-electron chi connectivity index (χ3n) is 1.69. The summed E-state index contributed by atoms with van der Waals surface area (Å²) >= 11 is 5.59. The second-order valence-electron chi connectivity index (χ2n) is 2.44. The van der Waals surface area contributed by atoms with Crippen molar-refractivity contribution in [3.63, 3.8) is 0 Å². The molecule has 1 N–H and O–H groups in total. The fourth-order valence-electron chi connectivity index (χ4n) is 0.936. The zero-order valence-corrected chi connectivity index (χ0v) is 7.54. The van der Waals surface area contributed by atoms with Crippen LogP contribution in [-0.2, 0) is 6.32 Å². The number of nitrogens with zero attached hydrogens (tertiary/aromatic N) is 1. The molecule has 0 saturated heterocycles. The zero-order valence-electron chi connectivity index (χ0n) is 6.79. The van der Waals surface area contributed by atoms with Crippen LogP contribution in [0.2, 0.25) is 0 Å². The average Bonchev–Trinajstić information content (AvgIpc) is 2.17. The van der Waals surface area contributed by atoms with Gasteiger partial charge in [-0.1, -0.05) is 52.9 Å². The Kier molecular flexibility index (Phi) is 3.17. The normalized spacial score (nSPS) is 11.6. The number of hydrogen-bond acceptors (Lipinski definition) is 2. The SMILES string of the molecule is BCc1ccc(/C(Cl)=N/O)cc1. The molecule has 0 fully saturated rings. The molecule has 12 heavy (non-hydrogen) atoms. The Bertz CT molecular complexity index is 284. The van der Waals surface area contributed by atoms with Crippen LogP contribution < -0.4 is 0 Å². The summed E-state index contributed by atoms with van der Waals surface area (Å²) in [5.41, 5.74) is 1.97. The first-order chi connectivity index (χ1) is 5.77. The molecule has 0 aliphatic heterocycles. The van der Waals surface area contributed by atoms with Crippen molar-refractivity contribution in [3.05, 3.63) is 35.4 Å². The maximum Gasteiger partial charge on any atom is 0.175 e. The van der Waals surface area contributed by atoms with E-state index in [4.69, 9.17) is 16.8 Å². The minimum absolute atomic E-state index is 0.123. The van der Waals surface area contributed by atoms with E-state index in [2.05, 4.69) is 13.0 Å². The highest BCUT2D eigenvalue weighted by Gasteiger charge is 1.98. The van der Waals surface area contributed by atoms with Gasteiger partial charge in [-0.15, -0.1) is 0 Å². The van der Waals surface area contributed by atoms with Crippen molar-refractivity contribution in [1.29, 1.82) is 0 Å². The van der Waals surface area contributed by atoms with Gasteiger partial charge < -0.3 is 5.21 Å². The molecule has 0 atom stereocenters. The maximum atomic E-state index is 8.37. The Morgan fingerprint density at radius 1 is 1.42 bits per heavy atom. The van der Waals surface area contributed by atoms with Gasteiger partial charge in [-0.05, 0) is 0 Å². The van der Waals surface area contributed by atoms with Crippen molar-refractivity contribution < 1.29 is 5.21 Å². The summed E-state index contributed by atoms with van der Waals surface area (Å²) in [5, 5.41) is 11.4. The van der Waals surface area contributed by atoms with Gasteiger partial charge in [-0.25, -0.2) is 0 Å². The average molecular weight is 181 g/mol. The van der Waals surface area contributed by atoms with Crippen LogP contribution in [0.25, 0.3) is 0 Å². The fraction of sp³-hybridized carbons (Fsp3) is 0.125. The van der Waals surface area contributed by atoms with Crippen molar-refractivity contribution in [1.82, 2.24) is 0 Å². The van der Waals surface area contributed by atoms with Crippen molar-refractivity contribution >= 4 is 24.6 Å². The lowest BCUT2D eigenvalue weighted by Gasteiger charge is -1.98. The van der Waals surface area contributed by atoms with E-state index >= 15 is 0 Å². The summed E-state index contributed by atoms with van der Waals surface area (Å²) in [6, 6.07) is 7.59. The van der Waals surface area contributed by atoms with Gasteiger partial charge >= 0.3 is 0 Å². The van der Waals surface area contributed by atoms with E-state index in [-0.39, 0.29) is 5.17 Å². The molecule has 1 aromatic carbocycles. The summed E-state index contributed by atoms with van der Waals surface area (Å²) in [6.45, 7) is 0. The van der Waals surface area contributed by atoms with Gasteiger partial charge in [0.05, 0.1) is 0 Å². The third-order valence-corrected chi connectivity index (χ3v) is 1.98. The molecule has 1 aromatic rings. The summed E-state index contributed by atoms with van der Waals surface area (Å²) < 4.78 is 0. The molecule has 0 unspecified atom stereocenters. The summed E-state index contributed by atoms with van der Waals surface area (Å²) in [6.07, 6.45) is 0.994. The zero-order chi connectivity index (χ0) is 8.97. The molecule has 0 aliphatic rings. The van der Waals surface area contributed by atoms with Crippen LogP contribution in [0.3, 0.4) is 0 Å². The number of rotatable bonds is 2. The Morgan fingerprint density at radius 2 is 2.00 bits per heavy atom. The minimum atomic E-state index is 0.123. The van der Waals surface area contributed by atoms with Crippen LogP contribution in [0.4, 0.5) is 0 Å². The Labute approximate surface area is 77.3 Å². The number of hydrogen-bond donors (Lipinski definition) is 1. The van der Waals surface area contributed by atoms with Gasteiger partial charge in [0.1, 0.15) is 7.85 Å². The number of halogens is 1. The highest BCUT2D eigenvalue weighted by Crippen LogP contribution is 2.07. The fourth-order valence-corrected chi connectivity index (χ4v) is 1.06. The van der Waals surface area contributed by atoms with Gasteiger partial charge in [0, 0.05) is 5.56 Å². The standard InChI is InChI=1S/C8H9BClNO/c9-5-6-1-3-7(4-2-6)8(10)11-12/h1-4,12H,5,9H2/b11-8-. The highest BCUT2D eigenvalue weighted by atomic mass is 35.5. The molecular weight excluding hydrogens is 172 g/mol. The third kappa shape index (κ3) is 2.01. The van der Waals surface area contributed by atoms with Crippen molar-refractivity contribution in [2.45, 2.75) is 6.32 Å². The minimum Gasteiger partial charge on any atom is -0.410 e. The van der Waals surface area contributed by atoms with Gasteiger partial charge in [-0.3, -0.25) is 0 Å². The first kappa shape index (κ1) is 9.14. The topological polar surface area (TPSA) is 32.6 Å². The lowest BCUT2D eigenvalue weighted by atomic mass is 9.96. The maximum absolute atomic E-state index is 8.37. The monoisotopic (exact) mass is 181 g/mol. The molecule has 1 rings (SSSR count). The molecule has 2 nitrogen and oxygen atoms in total. The molecule has 0 aliphatic carbocycles. The molecule has 0 bridgehead atoms. The van der Waals surface area contributed by atoms with Crippen LogP contribution in [0.1, 0.15) is 11.1 Å². The summed E-state index contributed by atoms with van der Waals surface area (Å²) in [5.74, 6) is 0. The second kappa shape index (κ2) is 4.17. The van der Waals surface area contributed by atoms with E-state index in [1.807, 2.05) is 24.3 Å². The Hall–Kier alpha value is -0.955. The first-order valence-corrected chi connectivity index (χ1v) is 4.12.